The van der Waals surface area contributed by atoms with Crippen molar-refractivity contribution in [1.82, 2.24) is 19.7 Å². The van der Waals surface area contributed by atoms with Crippen LogP contribution in [0.15, 0.2) is 12.3 Å². The molecule has 2 aromatic rings. The normalized spacial score (nSPS) is 10.6. The van der Waals surface area contributed by atoms with Gasteiger partial charge in [0.1, 0.15) is 12.4 Å². The highest BCUT2D eigenvalue weighted by atomic mass is 16.4. The molecule has 2 heterocycles. The zero-order chi connectivity index (χ0) is 13.3. The first-order chi connectivity index (χ1) is 8.47. The predicted molar refractivity (Wildman–Crippen MR) is 65.1 cm³/mol. The molecule has 0 aliphatic carbocycles. The summed E-state index contributed by atoms with van der Waals surface area (Å²) in [5.41, 5.74) is 2.72. The lowest BCUT2D eigenvalue weighted by Crippen LogP contribution is -2.12. The van der Waals surface area contributed by atoms with Gasteiger partial charge in [0.2, 0.25) is 0 Å². The molecule has 0 saturated heterocycles. The van der Waals surface area contributed by atoms with Crippen LogP contribution in [0.2, 0.25) is 0 Å². The number of hydrogen-bond acceptors (Lipinski definition) is 4. The van der Waals surface area contributed by atoms with Crippen molar-refractivity contribution in [3.05, 3.63) is 29.3 Å². The van der Waals surface area contributed by atoms with Gasteiger partial charge in [0.25, 0.3) is 0 Å². The molecule has 0 aliphatic rings. The molecule has 1 N–H and O–H groups in total. The van der Waals surface area contributed by atoms with Crippen LogP contribution >= 0.6 is 0 Å². The van der Waals surface area contributed by atoms with Gasteiger partial charge in [-0.1, -0.05) is 0 Å². The van der Waals surface area contributed by atoms with E-state index in [-0.39, 0.29) is 6.54 Å². The second-order valence-corrected chi connectivity index (χ2v) is 4.17. The summed E-state index contributed by atoms with van der Waals surface area (Å²) in [6.07, 6.45) is 1.70. The van der Waals surface area contributed by atoms with E-state index in [0.29, 0.717) is 11.6 Å². The fourth-order valence-electron chi connectivity index (χ4n) is 1.82. The number of carbonyl (C=O) groups is 1. The number of pyridine rings is 1. The van der Waals surface area contributed by atoms with Crippen LogP contribution in [-0.2, 0) is 11.3 Å². The zero-order valence-electron chi connectivity index (χ0n) is 10.5. The second kappa shape index (κ2) is 4.56. The van der Waals surface area contributed by atoms with Crippen molar-refractivity contribution in [2.24, 2.45) is 0 Å². The maximum atomic E-state index is 10.8. The summed E-state index contributed by atoms with van der Waals surface area (Å²) in [7, 11) is 0. The molecule has 18 heavy (non-hydrogen) atoms. The van der Waals surface area contributed by atoms with E-state index in [1.165, 1.54) is 4.68 Å². The molecule has 0 fully saturated rings. The molecule has 0 unspecified atom stereocenters. The molecule has 0 spiro atoms. The Kier molecular flexibility index (Phi) is 3.10. The first kappa shape index (κ1) is 12.2. The Bertz CT molecular complexity index is 604. The molecular formula is C12H14N4O2. The van der Waals surface area contributed by atoms with Crippen LogP contribution in [0, 0.1) is 20.8 Å². The third kappa shape index (κ3) is 2.37. The molecule has 0 radical (unpaired) electrons. The van der Waals surface area contributed by atoms with Crippen LogP contribution in [-0.4, -0.2) is 30.8 Å². The van der Waals surface area contributed by atoms with E-state index in [0.717, 1.165) is 16.8 Å². The average Bonchev–Trinajstić information content (AvgIpc) is 2.58. The summed E-state index contributed by atoms with van der Waals surface area (Å²) in [5, 5.41) is 12.9. The van der Waals surface area contributed by atoms with Crippen molar-refractivity contribution in [3.63, 3.8) is 0 Å². The van der Waals surface area contributed by atoms with Gasteiger partial charge in [0.05, 0.1) is 0 Å². The van der Waals surface area contributed by atoms with Gasteiger partial charge < -0.3 is 5.11 Å². The van der Waals surface area contributed by atoms with E-state index in [9.17, 15) is 4.79 Å². The number of rotatable bonds is 3. The highest BCUT2D eigenvalue weighted by molar-refractivity contribution is 5.68. The molecule has 0 bridgehead atoms. The smallest absolute Gasteiger partial charge is 0.325 e. The molecule has 0 aromatic carbocycles. The molecular weight excluding hydrogens is 232 g/mol. The lowest BCUT2D eigenvalue weighted by atomic mass is 10.1. The van der Waals surface area contributed by atoms with Crippen molar-refractivity contribution >= 4 is 5.97 Å². The van der Waals surface area contributed by atoms with Crippen LogP contribution in [0.1, 0.15) is 17.1 Å². The molecule has 2 rings (SSSR count). The quantitative estimate of drug-likeness (QED) is 0.884. The summed E-state index contributed by atoms with van der Waals surface area (Å²) in [6, 6.07) is 1.93. The largest absolute Gasteiger partial charge is 0.480 e. The Morgan fingerprint density at radius 2 is 2.11 bits per heavy atom. The number of aryl methyl sites for hydroxylation is 3. The Morgan fingerprint density at radius 1 is 1.39 bits per heavy atom. The van der Waals surface area contributed by atoms with Crippen LogP contribution in [0.25, 0.3) is 11.4 Å². The number of aromatic nitrogens is 4. The van der Waals surface area contributed by atoms with E-state index < -0.39 is 5.97 Å². The molecule has 0 atom stereocenters. The van der Waals surface area contributed by atoms with Crippen molar-refractivity contribution in [2.45, 2.75) is 27.3 Å². The van der Waals surface area contributed by atoms with Crippen LogP contribution < -0.4 is 0 Å². The van der Waals surface area contributed by atoms with Gasteiger partial charge >= 0.3 is 5.97 Å². The van der Waals surface area contributed by atoms with Crippen molar-refractivity contribution < 1.29 is 9.90 Å². The summed E-state index contributed by atoms with van der Waals surface area (Å²) >= 11 is 0. The molecule has 6 heteroatoms. The maximum Gasteiger partial charge on any atom is 0.325 e. The van der Waals surface area contributed by atoms with Gasteiger partial charge in [-0.15, -0.1) is 0 Å². The Morgan fingerprint density at radius 3 is 2.72 bits per heavy atom. The van der Waals surface area contributed by atoms with Gasteiger partial charge in [-0.05, 0) is 32.4 Å². The van der Waals surface area contributed by atoms with Crippen molar-refractivity contribution in [2.75, 3.05) is 0 Å². The van der Waals surface area contributed by atoms with Crippen molar-refractivity contribution in [1.29, 1.82) is 0 Å². The fourth-order valence-corrected chi connectivity index (χ4v) is 1.82. The standard InChI is InChI=1S/C12H14N4O2/c1-7-4-8(2)13-5-10(7)12-14-9(3)15-16(12)6-11(17)18/h4-5H,6H2,1-3H3,(H,17,18). The maximum absolute atomic E-state index is 10.8. The van der Waals surface area contributed by atoms with Gasteiger partial charge in [-0.2, -0.15) is 5.10 Å². The number of carboxylic acid groups (broad SMARTS) is 1. The third-order valence-corrected chi connectivity index (χ3v) is 2.55. The zero-order valence-corrected chi connectivity index (χ0v) is 10.5. The number of hydrogen-bond donors (Lipinski definition) is 1. The lowest BCUT2D eigenvalue weighted by molar-refractivity contribution is -0.137. The van der Waals surface area contributed by atoms with E-state index in [2.05, 4.69) is 15.1 Å². The summed E-state index contributed by atoms with van der Waals surface area (Å²) < 4.78 is 1.39. The predicted octanol–water partition coefficient (Wildman–Crippen LogP) is 1.35. The molecule has 2 aromatic heterocycles. The third-order valence-electron chi connectivity index (χ3n) is 2.55. The SMILES string of the molecule is Cc1cc(C)c(-c2nc(C)nn2CC(=O)O)cn1. The van der Waals surface area contributed by atoms with Crippen LogP contribution in [0.4, 0.5) is 0 Å². The summed E-state index contributed by atoms with van der Waals surface area (Å²) in [6.45, 7) is 5.38. The van der Waals surface area contributed by atoms with Crippen LogP contribution in [0.3, 0.4) is 0 Å². The first-order valence-corrected chi connectivity index (χ1v) is 5.54. The Hall–Kier alpha value is -2.24. The number of nitrogens with zero attached hydrogens (tertiary/aromatic N) is 4. The summed E-state index contributed by atoms with van der Waals surface area (Å²) in [4.78, 5) is 19.3. The Balaban J connectivity index is 2.52. The molecule has 6 nitrogen and oxygen atoms in total. The van der Waals surface area contributed by atoms with Crippen LogP contribution in [0.5, 0.6) is 0 Å². The fraction of sp³-hybridized carbons (Fsp3) is 0.333. The molecule has 0 amide bonds. The van der Waals surface area contributed by atoms with Gasteiger partial charge in [-0.3, -0.25) is 9.78 Å². The van der Waals surface area contributed by atoms with Gasteiger partial charge in [0, 0.05) is 17.5 Å². The second-order valence-electron chi connectivity index (χ2n) is 4.17. The highest BCUT2D eigenvalue weighted by Crippen LogP contribution is 2.21. The average molecular weight is 246 g/mol. The molecule has 0 aliphatic heterocycles. The monoisotopic (exact) mass is 246 g/mol. The lowest BCUT2D eigenvalue weighted by Gasteiger charge is -2.06. The van der Waals surface area contributed by atoms with E-state index in [1.54, 1.807) is 13.1 Å². The van der Waals surface area contributed by atoms with E-state index in [4.69, 9.17) is 5.11 Å². The Labute approximate surface area is 104 Å². The topological polar surface area (TPSA) is 80.9 Å². The first-order valence-electron chi connectivity index (χ1n) is 5.54. The highest BCUT2D eigenvalue weighted by Gasteiger charge is 2.14. The van der Waals surface area contributed by atoms with E-state index >= 15 is 0 Å². The van der Waals surface area contributed by atoms with Gasteiger partial charge in [-0.25, -0.2) is 9.67 Å². The van der Waals surface area contributed by atoms with Crippen molar-refractivity contribution in [3.8, 4) is 11.4 Å². The minimum absolute atomic E-state index is 0.205. The molecule has 94 valence electrons. The number of carboxylic acids is 1. The molecule has 0 saturated carbocycles. The van der Waals surface area contributed by atoms with E-state index in [1.807, 2.05) is 19.9 Å². The summed E-state index contributed by atoms with van der Waals surface area (Å²) in [5.74, 6) is 0.144. The minimum Gasteiger partial charge on any atom is -0.480 e. The number of aliphatic carboxylic acids is 1. The van der Waals surface area contributed by atoms with Gasteiger partial charge in [0.15, 0.2) is 5.82 Å². The minimum atomic E-state index is -0.945.